The number of halogens is 1. The number of rotatable bonds is 5. The van der Waals surface area contributed by atoms with Gasteiger partial charge in [-0.05, 0) is 42.0 Å². The molecule has 0 fully saturated rings. The number of hydrogen-bond donors (Lipinski definition) is 1. The third-order valence-electron chi connectivity index (χ3n) is 3.39. The highest BCUT2D eigenvalue weighted by atomic mass is 32.2. The molecule has 0 aliphatic heterocycles. The number of hydrogen-bond acceptors (Lipinski definition) is 2. The van der Waals surface area contributed by atoms with Gasteiger partial charge in [-0.3, -0.25) is 4.79 Å². The van der Waals surface area contributed by atoms with Gasteiger partial charge in [-0.25, -0.2) is 4.39 Å². The van der Waals surface area contributed by atoms with Gasteiger partial charge in [0, 0.05) is 17.3 Å². The van der Waals surface area contributed by atoms with Crippen molar-refractivity contribution in [2.75, 3.05) is 0 Å². The molecular weight excluding hydrogens is 313 g/mol. The van der Waals surface area contributed by atoms with Gasteiger partial charge in [-0.1, -0.05) is 24.3 Å². The first-order valence-corrected chi connectivity index (χ1v) is 7.90. The summed E-state index contributed by atoms with van der Waals surface area (Å²) in [6, 6.07) is 17.0. The number of para-hydroxylation sites is 1. The summed E-state index contributed by atoms with van der Waals surface area (Å²) in [6.45, 7) is 0. The summed E-state index contributed by atoms with van der Waals surface area (Å²) in [5, 5.41) is 8.76. The zero-order valence-electron chi connectivity index (χ0n) is 12.1. The van der Waals surface area contributed by atoms with Crippen LogP contribution in [0.4, 0.5) is 4.39 Å². The topological polar surface area (TPSA) is 42.2 Å². The monoisotopic (exact) mass is 327 g/mol. The molecule has 0 unspecified atom stereocenters. The average Bonchev–Trinajstić information content (AvgIpc) is 3.08. The lowest BCUT2D eigenvalue weighted by Crippen LogP contribution is -2.08. The highest BCUT2D eigenvalue weighted by molar-refractivity contribution is 8.00. The summed E-state index contributed by atoms with van der Waals surface area (Å²) >= 11 is 1.24. The maximum absolute atomic E-state index is 13.1. The molecule has 0 aliphatic rings. The highest BCUT2D eigenvalue weighted by Crippen LogP contribution is 2.38. The molecule has 0 saturated carbocycles. The molecule has 3 aromatic rings. The quantitative estimate of drug-likeness (QED) is 0.700. The first-order chi connectivity index (χ1) is 11.1. The van der Waals surface area contributed by atoms with E-state index in [0.29, 0.717) is 5.56 Å². The van der Waals surface area contributed by atoms with Crippen molar-refractivity contribution in [3.8, 4) is 5.69 Å². The summed E-state index contributed by atoms with van der Waals surface area (Å²) in [4.78, 5) is 12.5. The fourth-order valence-corrected chi connectivity index (χ4v) is 3.39. The SMILES string of the molecule is O=C(O)[C@H](Sc1ccccc1-n1cccc1)c1ccc(F)cc1. The van der Waals surface area contributed by atoms with Gasteiger partial charge in [0.25, 0.3) is 0 Å². The Kier molecular flexibility index (Phi) is 4.48. The number of carbonyl (C=O) groups is 1. The average molecular weight is 327 g/mol. The highest BCUT2D eigenvalue weighted by Gasteiger charge is 2.22. The molecule has 3 nitrogen and oxygen atoms in total. The molecule has 0 aliphatic carbocycles. The van der Waals surface area contributed by atoms with E-state index in [4.69, 9.17) is 0 Å². The summed E-state index contributed by atoms with van der Waals surface area (Å²) < 4.78 is 15.0. The van der Waals surface area contributed by atoms with Gasteiger partial charge in [0.05, 0.1) is 5.69 Å². The zero-order chi connectivity index (χ0) is 16.2. The van der Waals surface area contributed by atoms with Crippen molar-refractivity contribution in [2.45, 2.75) is 10.1 Å². The van der Waals surface area contributed by atoms with Crippen molar-refractivity contribution >= 4 is 17.7 Å². The third-order valence-corrected chi connectivity index (χ3v) is 4.70. The molecule has 116 valence electrons. The van der Waals surface area contributed by atoms with Crippen molar-refractivity contribution in [3.63, 3.8) is 0 Å². The Bertz CT molecular complexity index is 800. The number of benzene rings is 2. The van der Waals surface area contributed by atoms with Gasteiger partial charge < -0.3 is 9.67 Å². The van der Waals surface area contributed by atoms with Crippen LogP contribution in [0, 0.1) is 5.82 Å². The van der Waals surface area contributed by atoms with Crippen LogP contribution in [0.25, 0.3) is 5.69 Å². The van der Waals surface area contributed by atoms with Crippen LogP contribution in [-0.2, 0) is 4.79 Å². The predicted molar refractivity (Wildman–Crippen MR) is 88.4 cm³/mol. The van der Waals surface area contributed by atoms with E-state index in [9.17, 15) is 14.3 Å². The molecule has 1 heterocycles. The van der Waals surface area contributed by atoms with Crippen molar-refractivity contribution in [3.05, 3.63) is 84.4 Å². The van der Waals surface area contributed by atoms with Crippen molar-refractivity contribution < 1.29 is 14.3 Å². The lowest BCUT2D eigenvalue weighted by Gasteiger charge is -2.16. The molecular formula is C18H14FNO2S. The number of aromatic nitrogens is 1. The van der Waals surface area contributed by atoms with E-state index >= 15 is 0 Å². The minimum absolute atomic E-state index is 0.379. The predicted octanol–water partition coefficient (Wildman–Crippen LogP) is 4.53. The van der Waals surface area contributed by atoms with Gasteiger partial charge in [0.2, 0.25) is 0 Å². The second-order valence-corrected chi connectivity index (χ2v) is 6.09. The molecule has 0 amide bonds. The Labute approximate surface area is 137 Å². The molecule has 1 atom stereocenters. The lowest BCUT2D eigenvalue weighted by molar-refractivity contribution is -0.136. The van der Waals surface area contributed by atoms with Crippen molar-refractivity contribution in [1.82, 2.24) is 4.57 Å². The molecule has 5 heteroatoms. The number of aliphatic carboxylic acids is 1. The van der Waals surface area contributed by atoms with Crippen LogP contribution in [0.2, 0.25) is 0 Å². The van der Waals surface area contributed by atoms with E-state index < -0.39 is 11.2 Å². The van der Waals surface area contributed by atoms with Gasteiger partial charge in [0.1, 0.15) is 11.1 Å². The van der Waals surface area contributed by atoms with Crippen LogP contribution in [0.15, 0.2) is 78.0 Å². The van der Waals surface area contributed by atoms with Gasteiger partial charge in [-0.2, -0.15) is 0 Å². The normalized spacial score (nSPS) is 12.0. The minimum atomic E-state index is -0.955. The van der Waals surface area contributed by atoms with Crippen molar-refractivity contribution in [2.24, 2.45) is 0 Å². The number of carboxylic acids is 1. The maximum Gasteiger partial charge on any atom is 0.321 e. The standard InChI is InChI=1S/C18H14FNO2S/c19-14-9-7-13(8-10-14)17(18(21)22)23-16-6-2-1-5-15(16)20-11-3-4-12-20/h1-12,17H,(H,21,22)/t17-/m1/s1. The Morgan fingerprint density at radius 1 is 1.00 bits per heavy atom. The second-order valence-electron chi connectivity index (χ2n) is 4.95. The van der Waals surface area contributed by atoms with Crippen LogP contribution < -0.4 is 0 Å². The molecule has 1 N–H and O–H groups in total. The summed E-state index contributed by atoms with van der Waals surface area (Å²) in [6.07, 6.45) is 3.82. The fraction of sp³-hybridized carbons (Fsp3) is 0.0556. The van der Waals surface area contributed by atoms with Crippen LogP contribution >= 0.6 is 11.8 Å². The molecule has 1 aromatic heterocycles. The zero-order valence-corrected chi connectivity index (χ0v) is 12.9. The smallest absolute Gasteiger partial charge is 0.321 e. The second kappa shape index (κ2) is 6.71. The van der Waals surface area contributed by atoms with E-state index in [0.717, 1.165) is 10.6 Å². The van der Waals surface area contributed by atoms with Crippen LogP contribution in [0.3, 0.4) is 0 Å². The molecule has 2 aromatic carbocycles. The molecule has 0 radical (unpaired) electrons. The van der Waals surface area contributed by atoms with Gasteiger partial charge >= 0.3 is 5.97 Å². The lowest BCUT2D eigenvalue weighted by atomic mass is 10.1. The molecule has 0 spiro atoms. The minimum Gasteiger partial charge on any atom is -0.480 e. The molecule has 23 heavy (non-hydrogen) atoms. The summed E-state index contributed by atoms with van der Waals surface area (Å²) in [5.74, 6) is -1.33. The van der Waals surface area contributed by atoms with E-state index in [1.807, 2.05) is 53.4 Å². The van der Waals surface area contributed by atoms with Crippen molar-refractivity contribution in [1.29, 1.82) is 0 Å². The Morgan fingerprint density at radius 3 is 2.30 bits per heavy atom. The van der Waals surface area contributed by atoms with Crippen LogP contribution in [0.5, 0.6) is 0 Å². The first-order valence-electron chi connectivity index (χ1n) is 7.02. The van der Waals surface area contributed by atoms with E-state index in [1.54, 1.807) is 0 Å². The summed E-state index contributed by atoms with van der Waals surface area (Å²) in [7, 11) is 0. The van der Waals surface area contributed by atoms with Gasteiger partial charge in [0.15, 0.2) is 0 Å². The Balaban J connectivity index is 1.96. The molecule has 3 rings (SSSR count). The van der Waals surface area contributed by atoms with E-state index in [1.165, 1.54) is 36.0 Å². The molecule has 0 saturated heterocycles. The number of carboxylic acid groups (broad SMARTS) is 1. The van der Waals surface area contributed by atoms with Crippen LogP contribution in [0.1, 0.15) is 10.8 Å². The van der Waals surface area contributed by atoms with E-state index in [2.05, 4.69) is 0 Å². The fourth-order valence-electron chi connectivity index (χ4n) is 2.29. The number of thioether (sulfide) groups is 1. The largest absolute Gasteiger partial charge is 0.480 e. The summed E-state index contributed by atoms with van der Waals surface area (Å²) in [5.41, 5.74) is 1.47. The molecule has 0 bridgehead atoms. The Morgan fingerprint density at radius 2 is 1.65 bits per heavy atom. The first kappa shape index (κ1) is 15.4. The maximum atomic E-state index is 13.1. The van der Waals surface area contributed by atoms with Gasteiger partial charge in [-0.15, -0.1) is 11.8 Å². The van der Waals surface area contributed by atoms with E-state index in [-0.39, 0.29) is 5.82 Å². The van der Waals surface area contributed by atoms with Crippen LogP contribution in [-0.4, -0.2) is 15.6 Å². The third kappa shape index (κ3) is 3.46. The Hall–Kier alpha value is -2.53. The number of nitrogens with zero attached hydrogens (tertiary/aromatic N) is 1.